The molecule has 0 amide bonds. The summed E-state index contributed by atoms with van der Waals surface area (Å²) in [6, 6.07) is 13.7. The summed E-state index contributed by atoms with van der Waals surface area (Å²) in [6.07, 6.45) is 7.61. The normalized spacial score (nSPS) is 12.5. The van der Waals surface area contributed by atoms with Crippen molar-refractivity contribution >= 4 is 51.8 Å². The molecule has 0 atom stereocenters. The predicted molar refractivity (Wildman–Crippen MR) is 161 cm³/mol. The van der Waals surface area contributed by atoms with Crippen LogP contribution >= 0.6 is 31.8 Å². The maximum Gasteiger partial charge on any atom is 0.252 e. The van der Waals surface area contributed by atoms with Gasteiger partial charge in [0.15, 0.2) is 0 Å². The third kappa shape index (κ3) is 10.4. The quantitative estimate of drug-likeness (QED) is 0.0969. The zero-order chi connectivity index (χ0) is 27.3. The van der Waals surface area contributed by atoms with Crippen molar-refractivity contribution in [3.05, 3.63) is 59.7 Å². The van der Waals surface area contributed by atoms with E-state index in [0.717, 1.165) is 84.5 Å². The Bertz CT molecular complexity index is 1050. The van der Waals surface area contributed by atoms with Gasteiger partial charge in [0, 0.05) is 44.9 Å². The molecule has 37 heavy (non-hydrogen) atoms. The van der Waals surface area contributed by atoms with Crippen LogP contribution in [0.25, 0.3) is 0 Å². The third-order valence-electron chi connectivity index (χ3n) is 5.79. The molecule has 0 unspecified atom stereocenters. The standard InChI is InChI=1S/C26H40N2O4S5/c1-5-7-9-11-21-27(36(29,30)25-17-13-23(3)14-18-25)33-35-34-28(22-12-10-8-6-2)37(31,32)26-19-15-24(4)16-20-26/h13-20H,5-12,21-22H2,1-4H3. The lowest BCUT2D eigenvalue weighted by atomic mass is 10.2. The van der Waals surface area contributed by atoms with Crippen LogP contribution in [0.3, 0.4) is 0 Å². The van der Waals surface area contributed by atoms with Gasteiger partial charge in [-0.15, -0.1) is 7.42 Å². The van der Waals surface area contributed by atoms with Gasteiger partial charge in [0.1, 0.15) is 0 Å². The molecule has 0 N–H and O–H groups in total. The van der Waals surface area contributed by atoms with Crippen molar-refractivity contribution in [1.29, 1.82) is 0 Å². The van der Waals surface area contributed by atoms with Gasteiger partial charge in [0.25, 0.3) is 20.0 Å². The molecule has 0 heterocycles. The Labute approximate surface area is 236 Å². The number of sulfonamides is 2. The SMILES string of the molecule is CCCCCCN(SSSN(CCCCCC)S(=O)(=O)c1ccc(C)cc1)S(=O)(=O)c1ccc(C)cc1. The minimum atomic E-state index is -3.73. The van der Waals surface area contributed by atoms with Crippen LogP contribution in [0.15, 0.2) is 58.3 Å². The van der Waals surface area contributed by atoms with Crippen LogP contribution in [0, 0.1) is 13.8 Å². The second-order valence-corrected chi connectivity index (χ2v) is 17.1. The maximum absolute atomic E-state index is 13.4. The fraction of sp³-hybridized carbons (Fsp3) is 0.538. The van der Waals surface area contributed by atoms with Crippen molar-refractivity contribution in [1.82, 2.24) is 7.42 Å². The number of aryl methyl sites for hydroxylation is 2. The number of hydrogen-bond acceptors (Lipinski definition) is 7. The average molecular weight is 605 g/mol. The largest absolute Gasteiger partial charge is 0.252 e. The molecule has 0 radical (unpaired) electrons. The molecule has 11 heteroatoms. The number of nitrogens with zero attached hydrogens (tertiary/aromatic N) is 2. The molecule has 2 rings (SSSR count). The van der Waals surface area contributed by atoms with Crippen molar-refractivity contribution in [3.63, 3.8) is 0 Å². The molecular weight excluding hydrogens is 565 g/mol. The Morgan fingerprint density at radius 2 is 0.919 bits per heavy atom. The van der Waals surface area contributed by atoms with Gasteiger partial charge in [0.05, 0.1) is 9.79 Å². The second-order valence-electron chi connectivity index (χ2n) is 9.03. The first-order valence-electron chi connectivity index (χ1n) is 12.8. The summed E-state index contributed by atoms with van der Waals surface area (Å²) in [5, 5.41) is 0. The van der Waals surface area contributed by atoms with Gasteiger partial charge in [0.2, 0.25) is 0 Å². The van der Waals surface area contributed by atoms with Crippen LogP contribution in [0.2, 0.25) is 0 Å². The van der Waals surface area contributed by atoms with E-state index in [0.29, 0.717) is 13.1 Å². The van der Waals surface area contributed by atoms with Gasteiger partial charge in [-0.1, -0.05) is 87.8 Å². The number of benzene rings is 2. The summed E-state index contributed by atoms with van der Waals surface area (Å²) >= 11 is 0. The highest BCUT2D eigenvalue weighted by Gasteiger charge is 2.29. The van der Waals surface area contributed by atoms with E-state index in [4.69, 9.17) is 0 Å². The van der Waals surface area contributed by atoms with Crippen molar-refractivity contribution in [3.8, 4) is 0 Å². The van der Waals surface area contributed by atoms with Crippen molar-refractivity contribution in [2.24, 2.45) is 0 Å². The van der Waals surface area contributed by atoms with Crippen LogP contribution in [0.4, 0.5) is 0 Å². The molecule has 0 fully saturated rings. The Balaban J connectivity index is 2.18. The Morgan fingerprint density at radius 1 is 0.568 bits per heavy atom. The molecule has 0 aliphatic carbocycles. The first kappa shape index (κ1) is 32.5. The fourth-order valence-electron chi connectivity index (χ4n) is 3.47. The molecule has 208 valence electrons. The molecule has 0 spiro atoms. The highest BCUT2D eigenvalue weighted by molar-refractivity contribution is 9.09. The van der Waals surface area contributed by atoms with E-state index in [-0.39, 0.29) is 9.79 Å². The predicted octanol–water partition coefficient (Wildman–Crippen LogP) is 8.01. The first-order valence-corrected chi connectivity index (χ1v) is 19.1. The van der Waals surface area contributed by atoms with Gasteiger partial charge < -0.3 is 0 Å². The molecule has 0 aromatic heterocycles. The Morgan fingerprint density at radius 3 is 1.24 bits per heavy atom. The molecule has 2 aromatic carbocycles. The molecule has 0 saturated carbocycles. The van der Waals surface area contributed by atoms with E-state index < -0.39 is 20.0 Å². The zero-order valence-electron chi connectivity index (χ0n) is 22.3. The minimum Gasteiger partial charge on any atom is -0.206 e. The van der Waals surface area contributed by atoms with E-state index in [9.17, 15) is 16.8 Å². The van der Waals surface area contributed by atoms with Gasteiger partial charge in [-0.3, -0.25) is 0 Å². The molecule has 2 aromatic rings. The summed E-state index contributed by atoms with van der Waals surface area (Å²) in [5.74, 6) is 0. The van der Waals surface area contributed by atoms with Gasteiger partial charge >= 0.3 is 0 Å². The summed E-state index contributed by atoms with van der Waals surface area (Å²) in [7, 11) is -4.10. The summed E-state index contributed by atoms with van der Waals surface area (Å²) in [4.78, 5) is 0.491. The zero-order valence-corrected chi connectivity index (χ0v) is 26.3. The summed E-state index contributed by atoms with van der Waals surface area (Å²) < 4.78 is 56.5. The summed E-state index contributed by atoms with van der Waals surface area (Å²) in [5.41, 5.74) is 1.98. The molecule has 6 nitrogen and oxygen atoms in total. The lowest BCUT2D eigenvalue weighted by Crippen LogP contribution is -2.26. The maximum atomic E-state index is 13.4. The lowest BCUT2D eigenvalue weighted by molar-refractivity contribution is 0.524. The smallest absolute Gasteiger partial charge is 0.206 e. The topological polar surface area (TPSA) is 74.8 Å². The summed E-state index contributed by atoms with van der Waals surface area (Å²) in [6.45, 7) is 8.82. The van der Waals surface area contributed by atoms with Crippen LogP contribution in [-0.2, 0) is 20.0 Å². The van der Waals surface area contributed by atoms with E-state index in [1.807, 2.05) is 13.8 Å². The van der Waals surface area contributed by atoms with Crippen molar-refractivity contribution in [2.75, 3.05) is 13.1 Å². The van der Waals surface area contributed by atoms with Crippen molar-refractivity contribution in [2.45, 2.75) is 88.9 Å². The van der Waals surface area contributed by atoms with Crippen molar-refractivity contribution < 1.29 is 16.8 Å². The highest BCUT2D eigenvalue weighted by Crippen LogP contribution is 2.44. The van der Waals surface area contributed by atoms with Crippen LogP contribution in [0.5, 0.6) is 0 Å². The molecule has 0 aliphatic rings. The van der Waals surface area contributed by atoms with Crippen LogP contribution in [-0.4, -0.2) is 37.3 Å². The Hall–Kier alpha value is -0.690. The highest BCUT2D eigenvalue weighted by atomic mass is 33.5. The number of rotatable bonds is 18. The molecule has 0 bridgehead atoms. The average Bonchev–Trinajstić information content (AvgIpc) is 2.87. The molecule has 0 saturated heterocycles. The van der Waals surface area contributed by atoms with Gasteiger partial charge in [-0.2, -0.15) is 0 Å². The fourth-order valence-corrected chi connectivity index (χ4v) is 12.6. The minimum absolute atomic E-state index is 0.246. The van der Waals surface area contributed by atoms with Gasteiger partial charge in [-0.25, -0.2) is 16.8 Å². The van der Waals surface area contributed by atoms with E-state index >= 15 is 0 Å². The Kier molecular flexibility index (Phi) is 14.4. The van der Waals surface area contributed by atoms with Gasteiger partial charge in [-0.05, 0) is 51.0 Å². The second kappa shape index (κ2) is 16.4. The van der Waals surface area contributed by atoms with E-state index in [2.05, 4.69) is 13.8 Å². The van der Waals surface area contributed by atoms with E-state index in [1.165, 1.54) is 17.2 Å². The molecular formula is C26H40N2O4S5. The number of hydrogen-bond donors (Lipinski definition) is 0. The third-order valence-corrected chi connectivity index (χ3v) is 14.5. The molecule has 0 aliphatic heterocycles. The first-order chi connectivity index (χ1) is 17.6. The lowest BCUT2D eigenvalue weighted by Gasteiger charge is -2.23. The van der Waals surface area contributed by atoms with Crippen LogP contribution in [0.1, 0.15) is 76.3 Å². The number of unbranched alkanes of at least 4 members (excludes halogenated alkanes) is 6. The van der Waals surface area contributed by atoms with E-state index in [1.54, 1.807) is 48.5 Å². The monoisotopic (exact) mass is 604 g/mol. The van der Waals surface area contributed by atoms with Crippen LogP contribution < -0.4 is 0 Å².